The van der Waals surface area contributed by atoms with Crippen molar-refractivity contribution in [2.75, 3.05) is 7.11 Å². The quantitative estimate of drug-likeness (QED) is 0.468. The second-order valence-corrected chi connectivity index (χ2v) is 7.32. The number of hydrogen-bond donors (Lipinski definition) is 1. The highest BCUT2D eigenvalue weighted by atomic mass is 35.5. The van der Waals surface area contributed by atoms with Gasteiger partial charge in [-0.15, -0.1) is 0 Å². The molecule has 0 radical (unpaired) electrons. The predicted molar refractivity (Wildman–Crippen MR) is 120 cm³/mol. The Morgan fingerprint density at radius 2 is 1.84 bits per heavy atom. The third kappa shape index (κ3) is 3.15. The second-order valence-electron chi connectivity index (χ2n) is 6.92. The maximum absolute atomic E-state index is 13.3. The van der Waals surface area contributed by atoms with Gasteiger partial charge < -0.3 is 9.72 Å². The van der Waals surface area contributed by atoms with Gasteiger partial charge in [-0.25, -0.2) is 14.3 Å². The molecule has 0 bridgehead atoms. The number of hydrogen-bond acceptors (Lipinski definition) is 5. The van der Waals surface area contributed by atoms with Crippen molar-refractivity contribution in [1.82, 2.24) is 19.5 Å². The summed E-state index contributed by atoms with van der Waals surface area (Å²) in [6.07, 6.45) is 4.70. The zero-order valence-electron chi connectivity index (χ0n) is 16.3. The number of methoxy groups -OCH3 is 1. The van der Waals surface area contributed by atoms with E-state index in [0.29, 0.717) is 33.1 Å². The standard InChI is InChI=1S/C23H15ClN4O3/c1-31-21-9-17(18(24)11-26-21)13-6-7-16-19(8-13)27-23(30)28(22(16)29)20-12-25-10-14-4-2-3-5-15(14)20/h2-12H,1H3,(H,27,30). The van der Waals surface area contributed by atoms with Crippen molar-refractivity contribution in [3.8, 4) is 22.7 Å². The van der Waals surface area contributed by atoms with Gasteiger partial charge in [-0.2, -0.15) is 0 Å². The number of aromatic nitrogens is 4. The largest absolute Gasteiger partial charge is 0.481 e. The summed E-state index contributed by atoms with van der Waals surface area (Å²) < 4.78 is 6.28. The molecule has 0 aliphatic heterocycles. The van der Waals surface area contributed by atoms with Crippen LogP contribution in [0.3, 0.4) is 0 Å². The lowest BCUT2D eigenvalue weighted by atomic mass is 10.0. The number of benzene rings is 2. The van der Waals surface area contributed by atoms with Gasteiger partial charge in [0.05, 0.1) is 41.1 Å². The van der Waals surface area contributed by atoms with Crippen LogP contribution in [0.1, 0.15) is 0 Å². The Morgan fingerprint density at radius 3 is 2.68 bits per heavy atom. The van der Waals surface area contributed by atoms with Crippen LogP contribution in [-0.2, 0) is 0 Å². The zero-order valence-corrected chi connectivity index (χ0v) is 17.1. The normalized spacial score (nSPS) is 11.2. The summed E-state index contributed by atoms with van der Waals surface area (Å²) in [5.74, 6) is 0.409. The van der Waals surface area contributed by atoms with E-state index in [4.69, 9.17) is 16.3 Å². The Morgan fingerprint density at radius 1 is 1.00 bits per heavy atom. The van der Waals surface area contributed by atoms with Crippen molar-refractivity contribution < 1.29 is 4.74 Å². The topological polar surface area (TPSA) is 89.9 Å². The van der Waals surface area contributed by atoms with E-state index < -0.39 is 11.2 Å². The molecule has 7 nitrogen and oxygen atoms in total. The molecule has 0 saturated carbocycles. The number of fused-ring (bicyclic) bond motifs is 2. The summed E-state index contributed by atoms with van der Waals surface area (Å²) in [6, 6.07) is 14.3. The Bertz CT molecular complexity index is 1580. The van der Waals surface area contributed by atoms with Gasteiger partial charge in [0, 0.05) is 28.6 Å². The lowest BCUT2D eigenvalue weighted by Gasteiger charge is -2.11. The third-order valence-corrected chi connectivity index (χ3v) is 5.44. The molecule has 0 unspecified atom stereocenters. The summed E-state index contributed by atoms with van der Waals surface area (Å²) in [7, 11) is 1.52. The molecule has 152 valence electrons. The monoisotopic (exact) mass is 430 g/mol. The van der Waals surface area contributed by atoms with E-state index in [0.717, 1.165) is 20.9 Å². The van der Waals surface area contributed by atoms with Crippen LogP contribution in [-0.4, -0.2) is 26.6 Å². The molecular formula is C23H15ClN4O3. The van der Waals surface area contributed by atoms with Crippen LogP contribution in [0.2, 0.25) is 5.02 Å². The van der Waals surface area contributed by atoms with Gasteiger partial charge in [0.15, 0.2) is 0 Å². The Hall–Kier alpha value is -3.97. The van der Waals surface area contributed by atoms with Crippen molar-refractivity contribution >= 4 is 33.3 Å². The van der Waals surface area contributed by atoms with Crippen molar-refractivity contribution in [2.24, 2.45) is 0 Å². The molecule has 0 saturated heterocycles. The van der Waals surface area contributed by atoms with Crippen molar-refractivity contribution in [3.63, 3.8) is 0 Å². The van der Waals surface area contributed by atoms with Crippen LogP contribution in [0.25, 0.3) is 38.5 Å². The fourth-order valence-electron chi connectivity index (χ4n) is 3.64. The van der Waals surface area contributed by atoms with Crippen molar-refractivity contribution in [1.29, 1.82) is 0 Å². The SMILES string of the molecule is COc1cc(-c2ccc3c(=O)n(-c4cncc5ccccc45)c(=O)[nH]c3c2)c(Cl)cn1. The number of ether oxygens (including phenoxy) is 1. The van der Waals surface area contributed by atoms with Crippen LogP contribution in [0.4, 0.5) is 0 Å². The number of pyridine rings is 2. The highest BCUT2D eigenvalue weighted by Crippen LogP contribution is 2.31. The number of aromatic amines is 1. The minimum atomic E-state index is -0.550. The molecule has 31 heavy (non-hydrogen) atoms. The summed E-state index contributed by atoms with van der Waals surface area (Å²) in [5.41, 5.74) is 1.26. The zero-order chi connectivity index (χ0) is 21.5. The maximum atomic E-state index is 13.3. The molecule has 0 atom stereocenters. The first kappa shape index (κ1) is 19.0. The Labute approximate surface area is 180 Å². The van der Waals surface area contributed by atoms with E-state index in [1.807, 2.05) is 24.3 Å². The number of rotatable bonds is 3. The fourth-order valence-corrected chi connectivity index (χ4v) is 3.85. The molecular weight excluding hydrogens is 416 g/mol. The number of halogens is 1. The molecule has 1 N–H and O–H groups in total. The molecule has 0 amide bonds. The van der Waals surface area contributed by atoms with Crippen molar-refractivity contribution in [2.45, 2.75) is 0 Å². The van der Waals surface area contributed by atoms with Crippen molar-refractivity contribution in [3.05, 3.63) is 93.0 Å². The van der Waals surface area contributed by atoms with Crippen LogP contribution in [0.15, 0.2) is 76.7 Å². The highest BCUT2D eigenvalue weighted by molar-refractivity contribution is 6.33. The molecule has 3 aromatic heterocycles. The van der Waals surface area contributed by atoms with Gasteiger partial charge in [0.1, 0.15) is 0 Å². The van der Waals surface area contributed by atoms with Crippen LogP contribution in [0.5, 0.6) is 5.88 Å². The number of H-pyrrole nitrogens is 1. The number of nitrogens with zero attached hydrogens (tertiary/aromatic N) is 3. The van der Waals surface area contributed by atoms with Gasteiger partial charge in [-0.3, -0.25) is 9.78 Å². The molecule has 0 aliphatic carbocycles. The number of nitrogens with one attached hydrogen (secondary N) is 1. The first-order valence-electron chi connectivity index (χ1n) is 9.39. The van der Waals surface area contributed by atoms with Crippen LogP contribution in [0, 0.1) is 0 Å². The van der Waals surface area contributed by atoms with Gasteiger partial charge in [-0.05, 0) is 17.7 Å². The molecule has 2 aromatic carbocycles. The smallest absolute Gasteiger partial charge is 0.333 e. The Balaban J connectivity index is 1.74. The lowest BCUT2D eigenvalue weighted by molar-refractivity contribution is 0.398. The summed E-state index contributed by atoms with van der Waals surface area (Å²) in [5, 5.41) is 2.39. The van der Waals surface area contributed by atoms with Gasteiger partial charge in [-0.1, -0.05) is 41.9 Å². The maximum Gasteiger partial charge on any atom is 0.333 e. The third-order valence-electron chi connectivity index (χ3n) is 5.14. The average Bonchev–Trinajstić information content (AvgIpc) is 2.79. The van der Waals surface area contributed by atoms with E-state index in [9.17, 15) is 9.59 Å². The molecule has 0 aliphatic rings. The van der Waals surface area contributed by atoms with E-state index in [-0.39, 0.29) is 0 Å². The minimum Gasteiger partial charge on any atom is -0.481 e. The molecule has 8 heteroatoms. The summed E-state index contributed by atoms with van der Waals surface area (Å²) >= 11 is 6.30. The van der Waals surface area contributed by atoms with E-state index in [2.05, 4.69) is 15.0 Å². The molecule has 5 aromatic rings. The molecule has 3 heterocycles. The highest BCUT2D eigenvalue weighted by Gasteiger charge is 2.14. The average molecular weight is 431 g/mol. The van der Waals surface area contributed by atoms with Gasteiger partial charge in [0.2, 0.25) is 5.88 Å². The minimum absolute atomic E-state index is 0.369. The first-order valence-corrected chi connectivity index (χ1v) is 9.77. The molecule has 0 fully saturated rings. The van der Waals surface area contributed by atoms with E-state index in [1.165, 1.54) is 19.5 Å². The van der Waals surface area contributed by atoms with Crippen LogP contribution < -0.4 is 16.0 Å². The van der Waals surface area contributed by atoms with E-state index >= 15 is 0 Å². The van der Waals surface area contributed by atoms with Gasteiger partial charge >= 0.3 is 5.69 Å². The molecule has 0 spiro atoms. The molecule has 5 rings (SSSR count). The lowest BCUT2D eigenvalue weighted by Crippen LogP contribution is -2.33. The van der Waals surface area contributed by atoms with Gasteiger partial charge in [0.25, 0.3) is 5.56 Å². The first-order chi connectivity index (χ1) is 15.1. The van der Waals surface area contributed by atoms with Crippen LogP contribution >= 0.6 is 11.6 Å². The second kappa shape index (κ2) is 7.37. The summed E-state index contributed by atoms with van der Waals surface area (Å²) in [4.78, 5) is 37.3. The Kier molecular flexibility index (Phi) is 4.52. The predicted octanol–water partition coefficient (Wildman–Crippen LogP) is 3.95. The summed E-state index contributed by atoms with van der Waals surface area (Å²) in [6.45, 7) is 0. The fraction of sp³-hybridized carbons (Fsp3) is 0.0435. The van der Waals surface area contributed by atoms with E-state index in [1.54, 1.807) is 30.5 Å².